The van der Waals surface area contributed by atoms with Gasteiger partial charge in [-0.15, -0.1) is 0 Å². The summed E-state index contributed by atoms with van der Waals surface area (Å²) in [5, 5.41) is 0. The molecule has 0 amide bonds. The third kappa shape index (κ3) is 4.78. The molecule has 0 saturated heterocycles. The minimum atomic E-state index is 0.652. The van der Waals surface area contributed by atoms with Gasteiger partial charge in [-0.25, -0.2) is 0 Å². The van der Waals surface area contributed by atoms with E-state index in [2.05, 4.69) is 37.8 Å². The predicted octanol–water partition coefficient (Wildman–Crippen LogP) is 3.67. The zero-order valence-corrected chi connectivity index (χ0v) is 11.4. The molecule has 1 atom stereocenters. The molecule has 17 heavy (non-hydrogen) atoms. The summed E-state index contributed by atoms with van der Waals surface area (Å²) in [6, 6.07) is 8.90. The van der Waals surface area contributed by atoms with E-state index in [4.69, 9.17) is 5.73 Å². The normalized spacial score (nSPS) is 12.9. The number of nitrogen functional groups attached to an aromatic ring is 1. The van der Waals surface area contributed by atoms with Crippen molar-refractivity contribution in [1.82, 2.24) is 4.90 Å². The van der Waals surface area contributed by atoms with E-state index in [9.17, 15) is 0 Å². The van der Waals surface area contributed by atoms with E-state index in [1.54, 1.807) is 0 Å². The topological polar surface area (TPSA) is 29.3 Å². The van der Waals surface area contributed by atoms with Gasteiger partial charge in [-0.2, -0.15) is 0 Å². The molecule has 1 rings (SSSR count). The van der Waals surface area contributed by atoms with Crippen molar-refractivity contribution >= 4 is 5.69 Å². The summed E-state index contributed by atoms with van der Waals surface area (Å²) < 4.78 is 0. The smallest absolute Gasteiger partial charge is 0.0314 e. The SMILES string of the molecule is CCCCN(Cc1ccc(N)cc1)C(C)CC. The van der Waals surface area contributed by atoms with Crippen LogP contribution in [0.15, 0.2) is 24.3 Å². The van der Waals surface area contributed by atoms with Crippen LogP contribution in [0.25, 0.3) is 0 Å². The van der Waals surface area contributed by atoms with Crippen molar-refractivity contribution in [2.75, 3.05) is 12.3 Å². The lowest BCUT2D eigenvalue weighted by Crippen LogP contribution is -2.33. The Kier molecular flexibility index (Phi) is 6.06. The highest BCUT2D eigenvalue weighted by molar-refractivity contribution is 5.39. The predicted molar refractivity (Wildman–Crippen MR) is 75.9 cm³/mol. The summed E-state index contributed by atoms with van der Waals surface area (Å²) >= 11 is 0. The molecule has 1 aromatic carbocycles. The number of anilines is 1. The first-order valence-electron chi connectivity index (χ1n) is 6.75. The highest BCUT2D eigenvalue weighted by Crippen LogP contribution is 2.13. The maximum atomic E-state index is 5.71. The molecule has 2 nitrogen and oxygen atoms in total. The Morgan fingerprint density at radius 1 is 1.18 bits per heavy atom. The van der Waals surface area contributed by atoms with Gasteiger partial charge in [0.2, 0.25) is 0 Å². The molecular formula is C15H26N2. The van der Waals surface area contributed by atoms with Gasteiger partial charge in [0.05, 0.1) is 0 Å². The molecule has 0 spiro atoms. The highest BCUT2D eigenvalue weighted by atomic mass is 15.1. The Balaban J connectivity index is 2.61. The first kappa shape index (κ1) is 14.0. The molecule has 2 N–H and O–H groups in total. The standard InChI is InChI=1S/C15H26N2/c1-4-6-11-17(13(3)5-2)12-14-7-9-15(16)10-8-14/h7-10,13H,4-6,11-12,16H2,1-3H3. The largest absolute Gasteiger partial charge is 0.399 e. The van der Waals surface area contributed by atoms with Crippen LogP contribution in [-0.4, -0.2) is 17.5 Å². The van der Waals surface area contributed by atoms with Gasteiger partial charge in [0.15, 0.2) is 0 Å². The maximum absolute atomic E-state index is 5.71. The van der Waals surface area contributed by atoms with Gasteiger partial charge < -0.3 is 5.73 Å². The van der Waals surface area contributed by atoms with Crippen LogP contribution < -0.4 is 5.73 Å². The summed E-state index contributed by atoms with van der Waals surface area (Å²) in [7, 11) is 0. The van der Waals surface area contributed by atoms with Gasteiger partial charge >= 0.3 is 0 Å². The lowest BCUT2D eigenvalue weighted by molar-refractivity contribution is 0.192. The van der Waals surface area contributed by atoms with Crippen molar-refractivity contribution in [1.29, 1.82) is 0 Å². The fourth-order valence-corrected chi connectivity index (χ4v) is 1.93. The van der Waals surface area contributed by atoms with E-state index < -0.39 is 0 Å². The minimum Gasteiger partial charge on any atom is -0.399 e. The Morgan fingerprint density at radius 3 is 2.35 bits per heavy atom. The number of hydrogen-bond donors (Lipinski definition) is 1. The molecule has 0 saturated carbocycles. The molecule has 0 bridgehead atoms. The summed E-state index contributed by atoms with van der Waals surface area (Å²) in [4.78, 5) is 2.56. The fourth-order valence-electron chi connectivity index (χ4n) is 1.93. The summed E-state index contributed by atoms with van der Waals surface area (Å²) in [6.07, 6.45) is 3.74. The van der Waals surface area contributed by atoms with Crippen molar-refractivity contribution in [3.8, 4) is 0 Å². The van der Waals surface area contributed by atoms with E-state index in [-0.39, 0.29) is 0 Å². The molecule has 0 heterocycles. The Labute approximate surface area is 106 Å². The molecule has 0 aliphatic heterocycles. The fraction of sp³-hybridized carbons (Fsp3) is 0.600. The van der Waals surface area contributed by atoms with E-state index in [0.717, 1.165) is 12.2 Å². The van der Waals surface area contributed by atoms with Gasteiger partial charge in [-0.05, 0) is 44.0 Å². The Bertz CT molecular complexity index is 305. The van der Waals surface area contributed by atoms with Crippen molar-refractivity contribution in [3.05, 3.63) is 29.8 Å². The van der Waals surface area contributed by atoms with E-state index in [1.807, 2.05) is 12.1 Å². The van der Waals surface area contributed by atoms with Crippen LogP contribution in [0, 0.1) is 0 Å². The number of hydrogen-bond acceptors (Lipinski definition) is 2. The molecule has 0 aromatic heterocycles. The summed E-state index contributed by atoms with van der Waals surface area (Å²) in [5.41, 5.74) is 7.91. The van der Waals surface area contributed by atoms with E-state index in [0.29, 0.717) is 6.04 Å². The Morgan fingerprint density at radius 2 is 1.82 bits per heavy atom. The maximum Gasteiger partial charge on any atom is 0.0314 e. The second-order valence-corrected chi connectivity index (χ2v) is 4.82. The van der Waals surface area contributed by atoms with Gasteiger partial charge in [-0.3, -0.25) is 4.90 Å². The number of rotatable bonds is 7. The first-order valence-corrected chi connectivity index (χ1v) is 6.75. The lowest BCUT2D eigenvalue weighted by atomic mass is 10.1. The van der Waals surface area contributed by atoms with Crippen LogP contribution in [-0.2, 0) is 6.54 Å². The van der Waals surface area contributed by atoms with Crippen LogP contribution in [0.1, 0.15) is 45.6 Å². The molecule has 0 aliphatic rings. The van der Waals surface area contributed by atoms with E-state index in [1.165, 1.54) is 31.4 Å². The Hall–Kier alpha value is -1.02. The van der Waals surface area contributed by atoms with Crippen LogP contribution >= 0.6 is 0 Å². The van der Waals surface area contributed by atoms with Crippen LogP contribution in [0.3, 0.4) is 0 Å². The molecule has 0 radical (unpaired) electrons. The number of benzene rings is 1. The third-order valence-corrected chi connectivity index (χ3v) is 3.38. The van der Waals surface area contributed by atoms with Crippen molar-refractivity contribution in [3.63, 3.8) is 0 Å². The zero-order valence-electron chi connectivity index (χ0n) is 11.4. The number of nitrogens with two attached hydrogens (primary N) is 1. The second kappa shape index (κ2) is 7.33. The molecular weight excluding hydrogens is 208 g/mol. The van der Waals surface area contributed by atoms with Crippen LogP contribution in [0.2, 0.25) is 0 Å². The number of nitrogens with zero attached hydrogens (tertiary/aromatic N) is 1. The number of unbranched alkanes of at least 4 members (excludes halogenated alkanes) is 1. The van der Waals surface area contributed by atoms with Gasteiger partial charge in [0.25, 0.3) is 0 Å². The molecule has 1 unspecified atom stereocenters. The lowest BCUT2D eigenvalue weighted by Gasteiger charge is -2.28. The van der Waals surface area contributed by atoms with Gasteiger partial charge in [0, 0.05) is 18.3 Å². The average Bonchev–Trinajstić information content (AvgIpc) is 2.36. The molecule has 1 aromatic rings. The average molecular weight is 234 g/mol. The van der Waals surface area contributed by atoms with Crippen molar-refractivity contribution in [2.45, 2.75) is 52.6 Å². The summed E-state index contributed by atoms with van der Waals surface area (Å²) in [6.45, 7) is 9.04. The third-order valence-electron chi connectivity index (χ3n) is 3.38. The quantitative estimate of drug-likeness (QED) is 0.729. The molecule has 96 valence electrons. The monoisotopic (exact) mass is 234 g/mol. The van der Waals surface area contributed by atoms with E-state index >= 15 is 0 Å². The first-order chi connectivity index (χ1) is 8.17. The van der Waals surface area contributed by atoms with Crippen molar-refractivity contribution < 1.29 is 0 Å². The van der Waals surface area contributed by atoms with Crippen LogP contribution in [0.5, 0.6) is 0 Å². The highest BCUT2D eigenvalue weighted by Gasteiger charge is 2.11. The molecule has 0 aliphatic carbocycles. The van der Waals surface area contributed by atoms with Crippen molar-refractivity contribution in [2.24, 2.45) is 0 Å². The minimum absolute atomic E-state index is 0.652. The summed E-state index contributed by atoms with van der Waals surface area (Å²) in [5.74, 6) is 0. The molecule has 2 heteroatoms. The second-order valence-electron chi connectivity index (χ2n) is 4.82. The zero-order chi connectivity index (χ0) is 12.7. The van der Waals surface area contributed by atoms with Gasteiger partial charge in [0.1, 0.15) is 0 Å². The van der Waals surface area contributed by atoms with Gasteiger partial charge in [-0.1, -0.05) is 32.4 Å². The van der Waals surface area contributed by atoms with Crippen LogP contribution in [0.4, 0.5) is 5.69 Å². The molecule has 0 fully saturated rings.